The molecule has 368 valence electrons. The summed E-state index contributed by atoms with van der Waals surface area (Å²) in [5.74, 6) is 1.87. The van der Waals surface area contributed by atoms with E-state index in [4.69, 9.17) is 35.1 Å². The highest BCUT2D eigenvalue weighted by molar-refractivity contribution is 7.93. The molecule has 22 heteroatoms. The molecule has 3 aromatic carbocycles. The van der Waals surface area contributed by atoms with Gasteiger partial charge in [0, 0.05) is 53.7 Å². The highest BCUT2D eigenvalue weighted by Gasteiger charge is 2.21. The van der Waals surface area contributed by atoms with Crippen molar-refractivity contribution in [2.24, 2.45) is 0 Å². The molecule has 0 saturated heterocycles. The Bertz CT molecular complexity index is 3150. The van der Waals surface area contributed by atoms with Crippen molar-refractivity contribution in [1.29, 1.82) is 0 Å². The number of sulfonamides is 2. The van der Waals surface area contributed by atoms with E-state index < -0.39 is 30.2 Å². The Balaban J connectivity index is 0.000000207. The van der Waals surface area contributed by atoms with E-state index in [-0.39, 0.29) is 61.5 Å². The van der Waals surface area contributed by atoms with E-state index in [1.54, 1.807) is 66.9 Å². The van der Waals surface area contributed by atoms with Gasteiger partial charge in [-0.25, -0.2) is 21.8 Å². The third kappa shape index (κ3) is 16.5. The molecule has 0 aliphatic carbocycles. The molecule has 0 aliphatic heterocycles. The molecule has 0 spiro atoms. The fraction of sp³-hybridized carbons (Fsp3) is 0.188. The van der Waals surface area contributed by atoms with Crippen molar-refractivity contribution in [2.75, 3.05) is 9.44 Å². The first kappa shape index (κ1) is 53.8. The maximum Gasteiger partial charge on any atom is 0.296 e. The topological polar surface area (TPSA) is 252 Å². The lowest BCUT2D eigenvalue weighted by Crippen LogP contribution is -2.16. The number of carbonyl (C=O) groups is 1. The van der Waals surface area contributed by atoms with Gasteiger partial charge in [-0.3, -0.25) is 33.7 Å². The minimum atomic E-state index is -4.17. The summed E-state index contributed by atoms with van der Waals surface area (Å²) >= 11 is 6.04. The van der Waals surface area contributed by atoms with Crippen LogP contribution >= 0.6 is 11.6 Å². The van der Waals surface area contributed by atoms with Crippen LogP contribution in [-0.4, -0.2) is 73.8 Å². The van der Waals surface area contributed by atoms with Crippen molar-refractivity contribution < 1.29 is 53.5 Å². The SMILES string of the molecule is CC(C)Oc1ccc(S(=O)(=O)Nc2ccc(Cl)cc2Oc2cccnc2)cc1.CC(C)Oc1ccc(S(=O)(=O)Nc2ccncc2C(=O)c2ccncc2)cc1.CC(C)Oc1ccc(S(=O)(=O)O)cn1. The average molecular weight is 1030 g/mol. The minimum Gasteiger partial charge on any atom is -0.491 e. The summed E-state index contributed by atoms with van der Waals surface area (Å²) in [7, 11) is -11.9. The zero-order chi connectivity index (χ0) is 51.1. The van der Waals surface area contributed by atoms with Crippen LogP contribution in [0.3, 0.4) is 0 Å². The highest BCUT2D eigenvalue weighted by Crippen LogP contribution is 2.34. The predicted octanol–water partition coefficient (Wildman–Crippen LogP) is 9.53. The van der Waals surface area contributed by atoms with Crippen molar-refractivity contribution in [1.82, 2.24) is 19.9 Å². The molecule has 0 radical (unpaired) electrons. The van der Waals surface area contributed by atoms with Gasteiger partial charge in [-0.2, -0.15) is 8.42 Å². The van der Waals surface area contributed by atoms with Crippen molar-refractivity contribution in [3.63, 3.8) is 0 Å². The van der Waals surface area contributed by atoms with Gasteiger partial charge >= 0.3 is 0 Å². The van der Waals surface area contributed by atoms with Crippen LogP contribution in [0.2, 0.25) is 5.02 Å². The molecule has 0 atom stereocenters. The predicted molar refractivity (Wildman–Crippen MR) is 264 cm³/mol. The number of nitrogens with one attached hydrogen (secondary N) is 2. The molecule has 70 heavy (non-hydrogen) atoms. The van der Waals surface area contributed by atoms with Crippen LogP contribution in [0.4, 0.5) is 11.4 Å². The van der Waals surface area contributed by atoms with Crippen LogP contribution in [0, 0.1) is 0 Å². The summed E-state index contributed by atoms with van der Waals surface area (Å²) in [6, 6.07) is 27.5. The maximum atomic E-state index is 12.8. The summed E-state index contributed by atoms with van der Waals surface area (Å²) in [5.41, 5.74) is 0.950. The Labute approximate surface area is 411 Å². The molecule has 7 aromatic rings. The fourth-order valence-electron chi connectivity index (χ4n) is 5.70. The third-order valence-electron chi connectivity index (χ3n) is 8.68. The zero-order valence-corrected chi connectivity index (χ0v) is 41.7. The molecule has 0 bridgehead atoms. The van der Waals surface area contributed by atoms with Crippen LogP contribution in [0.1, 0.15) is 57.5 Å². The Morgan fingerprint density at radius 3 is 1.59 bits per heavy atom. The van der Waals surface area contributed by atoms with E-state index >= 15 is 0 Å². The van der Waals surface area contributed by atoms with Gasteiger partial charge in [-0.15, -0.1) is 0 Å². The maximum absolute atomic E-state index is 12.8. The Hall–Kier alpha value is -7.17. The number of rotatable bonds is 17. The number of hydrogen-bond acceptors (Lipinski definition) is 15. The number of ether oxygens (including phenoxy) is 4. The van der Waals surface area contributed by atoms with Crippen LogP contribution in [0.5, 0.6) is 28.9 Å². The van der Waals surface area contributed by atoms with E-state index in [1.807, 2.05) is 41.5 Å². The summed E-state index contributed by atoms with van der Waals surface area (Å²) in [6.45, 7) is 11.2. The monoisotopic (exact) mass is 1030 g/mol. The van der Waals surface area contributed by atoms with Gasteiger partial charge in [0.1, 0.15) is 22.1 Å². The largest absolute Gasteiger partial charge is 0.491 e. The molecule has 0 unspecified atom stereocenters. The molecular weight excluding hydrogens is 984 g/mol. The molecule has 4 heterocycles. The summed E-state index contributed by atoms with van der Waals surface area (Å²) in [5, 5.41) is 0.414. The summed E-state index contributed by atoms with van der Waals surface area (Å²) in [4.78, 5) is 28.2. The number of anilines is 2. The minimum absolute atomic E-state index is 0.00170. The average Bonchev–Trinajstić information content (AvgIpc) is 3.30. The molecule has 0 aliphatic rings. The number of hydrogen-bond donors (Lipinski definition) is 3. The number of aromatic nitrogens is 4. The lowest BCUT2D eigenvalue weighted by molar-refractivity contribution is 0.103. The number of halogens is 1. The van der Waals surface area contributed by atoms with E-state index in [0.29, 0.717) is 33.7 Å². The second kappa shape index (κ2) is 24.4. The summed E-state index contributed by atoms with van der Waals surface area (Å²) in [6.07, 6.45) is 9.88. The third-order valence-corrected chi connectivity index (χ3v) is 12.5. The Morgan fingerprint density at radius 2 is 1.09 bits per heavy atom. The van der Waals surface area contributed by atoms with Gasteiger partial charge in [0.05, 0.1) is 57.4 Å². The Morgan fingerprint density at radius 1 is 0.557 bits per heavy atom. The Kier molecular flexibility index (Phi) is 18.7. The highest BCUT2D eigenvalue weighted by atomic mass is 35.5. The zero-order valence-electron chi connectivity index (χ0n) is 38.5. The standard InChI is InChI=1S/C20H19ClN2O4S.C20H19N3O4S.C8H11NO4S/c1-14(2)26-16-6-8-18(9-7-16)28(24,25)23-19-10-5-15(21)12-20(19)27-17-4-3-11-22-13-17;1-14(2)27-16-3-5-17(6-4-16)28(25,26)23-19-9-12-22-13-18(19)20(24)15-7-10-21-11-8-15;1-6(2)13-8-4-3-7(5-9-8)14(10,11)12/h3-14,23H,1-2H3;3-14H,1-2H3,(H,22,23);3-6H,1-2H3,(H,10,11,12). The molecule has 0 saturated carbocycles. The number of ketones is 1. The van der Waals surface area contributed by atoms with Crippen molar-refractivity contribution in [2.45, 2.75) is 74.5 Å². The second-order valence-electron chi connectivity index (χ2n) is 15.4. The van der Waals surface area contributed by atoms with E-state index in [9.17, 15) is 30.0 Å². The molecule has 7 rings (SSSR count). The van der Waals surface area contributed by atoms with E-state index in [1.165, 1.54) is 79.5 Å². The summed E-state index contributed by atoms with van der Waals surface area (Å²) < 4.78 is 108. The molecule has 0 amide bonds. The van der Waals surface area contributed by atoms with E-state index in [2.05, 4.69) is 29.4 Å². The van der Waals surface area contributed by atoms with Crippen LogP contribution in [-0.2, 0) is 30.2 Å². The smallest absolute Gasteiger partial charge is 0.296 e. The first-order valence-electron chi connectivity index (χ1n) is 21.0. The lowest BCUT2D eigenvalue weighted by Gasteiger charge is -2.14. The van der Waals surface area contributed by atoms with Crippen LogP contribution in [0.15, 0.2) is 167 Å². The van der Waals surface area contributed by atoms with Gasteiger partial charge in [0.15, 0.2) is 11.5 Å². The normalized spacial score (nSPS) is 11.4. The molecule has 3 N–H and O–H groups in total. The fourth-order valence-corrected chi connectivity index (χ4v) is 8.44. The van der Waals surface area contributed by atoms with Gasteiger partial charge in [-0.05, 0) is 139 Å². The van der Waals surface area contributed by atoms with Crippen molar-refractivity contribution >= 4 is 58.9 Å². The lowest BCUT2D eigenvalue weighted by atomic mass is 10.1. The van der Waals surface area contributed by atoms with Crippen molar-refractivity contribution in [3.05, 3.63) is 169 Å². The van der Waals surface area contributed by atoms with Gasteiger partial charge in [-0.1, -0.05) is 11.6 Å². The quantitative estimate of drug-likeness (QED) is 0.0567. The first-order chi connectivity index (χ1) is 33.1. The molecule has 18 nitrogen and oxygen atoms in total. The van der Waals surface area contributed by atoms with Gasteiger partial charge < -0.3 is 18.9 Å². The first-order valence-corrected chi connectivity index (χ1v) is 25.8. The van der Waals surface area contributed by atoms with Crippen LogP contribution < -0.4 is 28.4 Å². The van der Waals surface area contributed by atoms with Gasteiger partial charge in [0.2, 0.25) is 5.88 Å². The number of pyridine rings is 4. The number of nitrogens with zero attached hydrogens (tertiary/aromatic N) is 4. The molecule has 0 fully saturated rings. The second-order valence-corrected chi connectivity index (χ2v) is 20.6. The number of carbonyl (C=O) groups excluding carboxylic acids is 1. The molecule has 4 aromatic heterocycles. The van der Waals surface area contributed by atoms with Crippen LogP contribution in [0.25, 0.3) is 0 Å². The van der Waals surface area contributed by atoms with E-state index in [0.717, 1.165) is 6.20 Å². The van der Waals surface area contributed by atoms with Gasteiger partial charge in [0.25, 0.3) is 30.2 Å². The number of benzene rings is 3. The van der Waals surface area contributed by atoms with Crippen molar-refractivity contribution in [3.8, 4) is 28.9 Å². The molecular formula is C48H49ClN6O12S3.